The van der Waals surface area contributed by atoms with Crippen molar-refractivity contribution in [3.63, 3.8) is 0 Å². The van der Waals surface area contributed by atoms with Gasteiger partial charge in [-0.25, -0.2) is 0 Å². The van der Waals surface area contributed by atoms with Crippen LogP contribution in [-0.2, 0) is 5.41 Å². The van der Waals surface area contributed by atoms with Crippen molar-refractivity contribution in [2.45, 2.75) is 65.2 Å². The van der Waals surface area contributed by atoms with Crippen LogP contribution in [-0.4, -0.2) is 12.5 Å². The summed E-state index contributed by atoms with van der Waals surface area (Å²) in [6.45, 7) is 9.46. The van der Waals surface area contributed by atoms with Crippen LogP contribution < -0.4 is 10.1 Å². The summed E-state index contributed by atoms with van der Waals surface area (Å²) in [5.74, 6) is 0.748. The molecule has 2 rings (SSSR count). The van der Waals surface area contributed by atoms with Crippen molar-refractivity contribution in [1.82, 2.24) is 0 Å². The largest absolute Gasteiger partial charge is 0.494 e. The second-order valence-electron chi connectivity index (χ2n) is 8.07. The third kappa shape index (κ3) is 7.09. The number of benzene rings is 2. The summed E-state index contributed by atoms with van der Waals surface area (Å²) in [5, 5.41) is 2.94. The number of carbonyl (C=O) groups is 1. The molecule has 0 aliphatic carbocycles. The maximum absolute atomic E-state index is 12.4. The molecule has 2 aromatic rings. The number of ether oxygens (including phenoxy) is 1. The van der Waals surface area contributed by atoms with Gasteiger partial charge < -0.3 is 10.1 Å². The zero-order chi connectivity index (χ0) is 19.7. The first-order valence-corrected chi connectivity index (χ1v) is 10.0. The summed E-state index contributed by atoms with van der Waals surface area (Å²) in [6.07, 6.45) is 6.14. The van der Waals surface area contributed by atoms with Crippen LogP contribution in [0.15, 0.2) is 48.5 Å². The molecular formula is C24H33NO2. The molecule has 27 heavy (non-hydrogen) atoms. The van der Waals surface area contributed by atoms with Crippen LogP contribution in [0.5, 0.6) is 5.75 Å². The molecular weight excluding hydrogens is 334 g/mol. The van der Waals surface area contributed by atoms with Gasteiger partial charge in [-0.3, -0.25) is 4.79 Å². The number of hydrogen-bond donors (Lipinski definition) is 1. The zero-order valence-corrected chi connectivity index (χ0v) is 17.2. The van der Waals surface area contributed by atoms with E-state index in [1.54, 1.807) is 0 Å². The first-order chi connectivity index (χ1) is 12.9. The highest BCUT2D eigenvalue weighted by Gasteiger charge is 2.14. The van der Waals surface area contributed by atoms with E-state index in [9.17, 15) is 4.79 Å². The van der Waals surface area contributed by atoms with Crippen molar-refractivity contribution in [1.29, 1.82) is 0 Å². The van der Waals surface area contributed by atoms with E-state index in [4.69, 9.17) is 4.74 Å². The summed E-state index contributed by atoms with van der Waals surface area (Å²) in [6, 6.07) is 15.4. The molecule has 1 N–H and O–H groups in total. The number of carbonyl (C=O) groups excluding carboxylic acids is 1. The Bertz CT molecular complexity index is 697. The molecule has 0 saturated carbocycles. The number of hydrogen-bond acceptors (Lipinski definition) is 2. The van der Waals surface area contributed by atoms with Gasteiger partial charge in [-0.2, -0.15) is 0 Å². The number of amides is 1. The predicted molar refractivity (Wildman–Crippen MR) is 114 cm³/mol. The number of unbranched alkanes of at least 4 members (excludes halogenated alkanes) is 4. The van der Waals surface area contributed by atoms with Crippen LogP contribution in [0.4, 0.5) is 5.69 Å². The highest BCUT2D eigenvalue weighted by atomic mass is 16.5. The first-order valence-electron chi connectivity index (χ1n) is 10.0. The normalized spacial score (nSPS) is 11.3. The second-order valence-corrected chi connectivity index (χ2v) is 8.07. The first kappa shape index (κ1) is 21.0. The molecule has 3 heteroatoms. The van der Waals surface area contributed by atoms with E-state index < -0.39 is 0 Å². The highest BCUT2D eigenvalue weighted by molar-refractivity contribution is 6.04. The van der Waals surface area contributed by atoms with Gasteiger partial charge in [0.15, 0.2) is 0 Å². The topological polar surface area (TPSA) is 38.3 Å². The van der Waals surface area contributed by atoms with Gasteiger partial charge in [-0.15, -0.1) is 0 Å². The van der Waals surface area contributed by atoms with Gasteiger partial charge in [0.2, 0.25) is 0 Å². The molecule has 0 aliphatic heterocycles. The fourth-order valence-electron chi connectivity index (χ4n) is 2.85. The van der Waals surface area contributed by atoms with Crippen LogP contribution in [0.2, 0.25) is 0 Å². The summed E-state index contributed by atoms with van der Waals surface area (Å²) in [7, 11) is 0. The molecule has 0 radical (unpaired) electrons. The molecule has 0 atom stereocenters. The Morgan fingerprint density at radius 3 is 2.11 bits per heavy atom. The average Bonchev–Trinajstić information content (AvgIpc) is 2.65. The fraction of sp³-hybridized carbons (Fsp3) is 0.458. The van der Waals surface area contributed by atoms with Crippen molar-refractivity contribution >= 4 is 11.6 Å². The lowest BCUT2D eigenvalue weighted by Crippen LogP contribution is -2.14. The quantitative estimate of drug-likeness (QED) is 0.508. The smallest absolute Gasteiger partial charge is 0.255 e. The van der Waals surface area contributed by atoms with Gasteiger partial charge >= 0.3 is 0 Å². The highest BCUT2D eigenvalue weighted by Crippen LogP contribution is 2.23. The van der Waals surface area contributed by atoms with Crippen LogP contribution in [0.25, 0.3) is 0 Å². The molecule has 3 nitrogen and oxygen atoms in total. The van der Waals surface area contributed by atoms with Crippen molar-refractivity contribution < 1.29 is 9.53 Å². The van der Waals surface area contributed by atoms with Gasteiger partial charge in [0.05, 0.1) is 6.61 Å². The van der Waals surface area contributed by atoms with Gasteiger partial charge in [0.1, 0.15) is 5.75 Å². The van der Waals surface area contributed by atoms with E-state index in [1.807, 2.05) is 48.5 Å². The lowest BCUT2D eigenvalue weighted by molar-refractivity contribution is 0.102. The molecule has 146 valence electrons. The van der Waals surface area contributed by atoms with E-state index in [1.165, 1.54) is 31.2 Å². The number of nitrogens with one attached hydrogen (secondary N) is 1. The summed E-state index contributed by atoms with van der Waals surface area (Å²) in [5.41, 5.74) is 2.74. The van der Waals surface area contributed by atoms with E-state index >= 15 is 0 Å². The molecule has 0 spiro atoms. The lowest BCUT2D eigenvalue weighted by atomic mass is 9.87. The maximum atomic E-state index is 12.4. The Morgan fingerprint density at radius 2 is 1.52 bits per heavy atom. The van der Waals surface area contributed by atoms with E-state index in [0.717, 1.165) is 24.5 Å². The molecule has 0 unspecified atom stereocenters. The van der Waals surface area contributed by atoms with Crippen LogP contribution in [0, 0.1) is 0 Å². The Kier molecular flexibility index (Phi) is 7.90. The van der Waals surface area contributed by atoms with E-state index in [2.05, 4.69) is 33.0 Å². The minimum Gasteiger partial charge on any atom is -0.494 e. The Balaban J connectivity index is 1.82. The monoisotopic (exact) mass is 367 g/mol. The number of anilines is 1. The van der Waals surface area contributed by atoms with Gasteiger partial charge in [0.25, 0.3) is 5.91 Å². The third-order valence-electron chi connectivity index (χ3n) is 4.64. The SMILES string of the molecule is CCCCCCCOc1ccc(NC(=O)c2ccc(C(C)(C)C)cc2)cc1. The zero-order valence-electron chi connectivity index (χ0n) is 17.2. The Labute approximate surface area is 164 Å². The third-order valence-corrected chi connectivity index (χ3v) is 4.64. The van der Waals surface area contributed by atoms with E-state index in [0.29, 0.717) is 5.56 Å². The summed E-state index contributed by atoms with van der Waals surface area (Å²) < 4.78 is 5.76. The molecule has 2 aromatic carbocycles. The Morgan fingerprint density at radius 1 is 0.889 bits per heavy atom. The fourth-order valence-corrected chi connectivity index (χ4v) is 2.85. The minimum atomic E-state index is -0.0972. The summed E-state index contributed by atoms with van der Waals surface area (Å²) in [4.78, 5) is 12.4. The van der Waals surface area contributed by atoms with Crippen molar-refractivity contribution in [2.24, 2.45) is 0 Å². The van der Waals surface area contributed by atoms with Gasteiger partial charge in [-0.05, 0) is 53.8 Å². The lowest BCUT2D eigenvalue weighted by Gasteiger charge is -2.19. The summed E-state index contributed by atoms with van der Waals surface area (Å²) >= 11 is 0. The van der Waals surface area contributed by atoms with Gasteiger partial charge in [-0.1, -0.05) is 65.5 Å². The van der Waals surface area contributed by atoms with Crippen LogP contribution in [0.1, 0.15) is 75.7 Å². The molecule has 0 heterocycles. The average molecular weight is 368 g/mol. The van der Waals surface area contributed by atoms with Crippen LogP contribution >= 0.6 is 0 Å². The van der Waals surface area contributed by atoms with Crippen molar-refractivity contribution in [2.75, 3.05) is 11.9 Å². The standard InChI is InChI=1S/C24H33NO2/c1-5-6-7-8-9-18-27-22-16-14-21(15-17-22)25-23(26)19-10-12-20(13-11-19)24(2,3)4/h10-17H,5-9,18H2,1-4H3,(H,25,26). The van der Waals surface area contributed by atoms with Crippen LogP contribution in [0.3, 0.4) is 0 Å². The van der Waals surface area contributed by atoms with E-state index in [-0.39, 0.29) is 11.3 Å². The molecule has 0 fully saturated rings. The minimum absolute atomic E-state index is 0.0842. The van der Waals surface area contributed by atoms with Crippen molar-refractivity contribution in [3.8, 4) is 5.75 Å². The van der Waals surface area contributed by atoms with Crippen molar-refractivity contribution in [3.05, 3.63) is 59.7 Å². The molecule has 0 bridgehead atoms. The van der Waals surface area contributed by atoms with Gasteiger partial charge in [0, 0.05) is 11.3 Å². The second kappa shape index (κ2) is 10.1. The molecule has 0 aliphatic rings. The molecule has 0 aromatic heterocycles. The molecule has 0 saturated heterocycles. The maximum Gasteiger partial charge on any atom is 0.255 e. The predicted octanol–water partition coefficient (Wildman–Crippen LogP) is 6.59. The Hall–Kier alpha value is -2.29. The molecule has 1 amide bonds. The number of rotatable bonds is 9.